The SMILES string of the molecule is O=C(c1ccccc1Cl)c1cc(Cl)ccc1NC(=O)c1cc(Cl)ccc1[N+](=O)[O-]. The molecule has 0 saturated carbocycles. The van der Waals surface area contributed by atoms with E-state index in [1.54, 1.807) is 24.3 Å². The van der Waals surface area contributed by atoms with Crippen LogP contribution in [0.15, 0.2) is 60.7 Å². The lowest BCUT2D eigenvalue weighted by Crippen LogP contribution is -2.17. The summed E-state index contributed by atoms with van der Waals surface area (Å²) in [6.45, 7) is 0. The number of amides is 1. The summed E-state index contributed by atoms with van der Waals surface area (Å²) in [7, 11) is 0. The maximum absolute atomic E-state index is 13.0. The average Bonchev–Trinajstić information content (AvgIpc) is 2.68. The molecular weight excluding hydrogens is 439 g/mol. The normalized spacial score (nSPS) is 10.4. The molecule has 0 spiro atoms. The third kappa shape index (κ3) is 4.56. The van der Waals surface area contributed by atoms with Gasteiger partial charge in [0.25, 0.3) is 11.6 Å². The molecule has 0 bridgehead atoms. The standard InChI is InChI=1S/C20H11Cl3N2O4/c21-11-5-7-17(14(9-11)19(26)13-3-1-2-4-16(13)23)24-20(27)15-10-12(22)6-8-18(15)25(28)29/h1-10H,(H,24,27). The van der Waals surface area contributed by atoms with Crippen LogP contribution in [0.1, 0.15) is 26.3 Å². The molecule has 0 heterocycles. The Morgan fingerprint density at radius 2 is 1.45 bits per heavy atom. The Morgan fingerprint density at radius 1 is 0.828 bits per heavy atom. The summed E-state index contributed by atoms with van der Waals surface area (Å²) in [6.07, 6.45) is 0. The summed E-state index contributed by atoms with van der Waals surface area (Å²) in [4.78, 5) is 36.2. The molecule has 0 aromatic heterocycles. The molecule has 3 aromatic carbocycles. The van der Waals surface area contributed by atoms with E-state index in [1.807, 2.05) is 0 Å². The fraction of sp³-hybridized carbons (Fsp3) is 0. The van der Waals surface area contributed by atoms with Crippen LogP contribution in [0, 0.1) is 10.1 Å². The number of nitrogens with zero attached hydrogens (tertiary/aromatic N) is 1. The number of hydrogen-bond donors (Lipinski definition) is 1. The van der Waals surface area contributed by atoms with Gasteiger partial charge >= 0.3 is 0 Å². The number of carbonyl (C=O) groups excluding carboxylic acids is 2. The van der Waals surface area contributed by atoms with Gasteiger partial charge in [0.15, 0.2) is 5.78 Å². The summed E-state index contributed by atoms with van der Waals surface area (Å²) >= 11 is 18.0. The summed E-state index contributed by atoms with van der Waals surface area (Å²) in [5.41, 5.74) is -0.226. The molecule has 146 valence electrons. The number of hydrogen-bond acceptors (Lipinski definition) is 4. The molecular formula is C20H11Cl3N2O4. The van der Waals surface area contributed by atoms with Crippen LogP contribution < -0.4 is 5.32 Å². The first-order chi connectivity index (χ1) is 13.8. The molecule has 0 aliphatic carbocycles. The topological polar surface area (TPSA) is 89.3 Å². The van der Waals surface area contributed by atoms with Crippen LogP contribution in [0.4, 0.5) is 11.4 Å². The zero-order chi connectivity index (χ0) is 21.1. The molecule has 3 aromatic rings. The van der Waals surface area contributed by atoms with E-state index in [9.17, 15) is 19.7 Å². The van der Waals surface area contributed by atoms with Gasteiger partial charge in [-0.1, -0.05) is 46.9 Å². The third-order valence-corrected chi connectivity index (χ3v) is 4.79. The highest BCUT2D eigenvalue weighted by Gasteiger charge is 2.23. The minimum Gasteiger partial charge on any atom is -0.321 e. The predicted molar refractivity (Wildman–Crippen MR) is 112 cm³/mol. The molecule has 1 amide bonds. The number of carbonyl (C=O) groups is 2. The van der Waals surface area contributed by atoms with Gasteiger partial charge in [0, 0.05) is 27.2 Å². The van der Waals surface area contributed by atoms with Crippen LogP contribution in [0.3, 0.4) is 0 Å². The molecule has 9 heteroatoms. The number of halogens is 3. The lowest BCUT2D eigenvalue weighted by atomic mass is 10.0. The van der Waals surface area contributed by atoms with Crippen molar-refractivity contribution in [2.75, 3.05) is 5.32 Å². The van der Waals surface area contributed by atoms with Crippen LogP contribution in [0.25, 0.3) is 0 Å². The maximum atomic E-state index is 13.0. The number of nitro benzene ring substituents is 1. The molecule has 1 N–H and O–H groups in total. The molecule has 0 aliphatic rings. The van der Waals surface area contributed by atoms with Crippen molar-refractivity contribution in [3.05, 3.63) is 103 Å². The van der Waals surface area contributed by atoms with Crippen molar-refractivity contribution in [3.8, 4) is 0 Å². The quantitative estimate of drug-likeness (QED) is 0.292. The molecule has 0 unspecified atom stereocenters. The monoisotopic (exact) mass is 448 g/mol. The molecule has 0 aliphatic heterocycles. The smallest absolute Gasteiger partial charge is 0.282 e. The van der Waals surface area contributed by atoms with Crippen molar-refractivity contribution in [1.82, 2.24) is 0 Å². The number of nitrogens with one attached hydrogen (secondary N) is 1. The van der Waals surface area contributed by atoms with Gasteiger partial charge in [0.1, 0.15) is 5.56 Å². The van der Waals surface area contributed by atoms with Crippen LogP contribution in [-0.4, -0.2) is 16.6 Å². The van der Waals surface area contributed by atoms with Crippen LogP contribution >= 0.6 is 34.8 Å². The molecule has 29 heavy (non-hydrogen) atoms. The van der Waals surface area contributed by atoms with E-state index in [2.05, 4.69) is 5.32 Å². The van der Waals surface area contributed by atoms with Crippen molar-refractivity contribution in [3.63, 3.8) is 0 Å². The first-order valence-electron chi connectivity index (χ1n) is 8.12. The molecule has 3 rings (SSSR count). The summed E-state index contributed by atoms with van der Waals surface area (Å²) in [5, 5.41) is 14.4. The first kappa shape index (κ1) is 20.8. The van der Waals surface area contributed by atoms with Crippen LogP contribution in [0.5, 0.6) is 0 Å². The second-order valence-electron chi connectivity index (χ2n) is 5.87. The van der Waals surface area contributed by atoms with Crippen LogP contribution in [0.2, 0.25) is 15.1 Å². The van der Waals surface area contributed by atoms with E-state index in [0.717, 1.165) is 6.07 Å². The predicted octanol–water partition coefficient (Wildman–Crippen LogP) is 6.04. The third-order valence-electron chi connectivity index (χ3n) is 3.99. The Morgan fingerprint density at radius 3 is 2.10 bits per heavy atom. The minimum atomic E-state index is -0.797. The van der Waals surface area contributed by atoms with Crippen molar-refractivity contribution < 1.29 is 14.5 Å². The Kier molecular flexibility index (Phi) is 6.17. The lowest BCUT2D eigenvalue weighted by Gasteiger charge is -2.12. The van der Waals surface area contributed by atoms with Gasteiger partial charge in [-0.05, 0) is 42.5 Å². The van der Waals surface area contributed by atoms with Gasteiger partial charge in [-0.2, -0.15) is 0 Å². The number of benzene rings is 3. The Labute approximate surface area is 180 Å². The largest absolute Gasteiger partial charge is 0.321 e. The van der Waals surface area contributed by atoms with E-state index >= 15 is 0 Å². The number of ketones is 1. The highest BCUT2D eigenvalue weighted by Crippen LogP contribution is 2.28. The van der Waals surface area contributed by atoms with Gasteiger partial charge in [-0.25, -0.2) is 0 Å². The second-order valence-corrected chi connectivity index (χ2v) is 7.15. The van der Waals surface area contributed by atoms with Gasteiger partial charge in [-0.3, -0.25) is 19.7 Å². The molecule has 0 atom stereocenters. The fourth-order valence-corrected chi connectivity index (χ4v) is 3.21. The molecule has 0 radical (unpaired) electrons. The van der Waals surface area contributed by atoms with Crippen molar-refractivity contribution in [2.24, 2.45) is 0 Å². The van der Waals surface area contributed by atoms with Crippen molar-refractivity contribution in [1.29, 1.82) is 0 Å². The van der Waals surface area contributed by atoms with E-state index in [-0.39, 0.29) is 37.4 Å². The Bertz CT molecular complexity index is 1150. The summed E-state index contributed by atoms with van der Waals surface area (Å²) in [6, 6.07) is 14.4. The highest BCUT2D eigenvalue weighted by molar-refractivity contribution is 6.36. The number of rotatable bonds is 5. The van der Waals surface area contributed by atoms with Gasteiger partial charge < -0.3 is 5.32 Å². The zero-order valence-electron chi connectivity index (χ0n) is 14.5. The molecule has 6 nitrogen and oxygen atoms in total. The summed E-state index contributed by atoms with van der Waals surface area (Å²) in [5.74, 6) is -1.26. The molecule has 0 saturated heterocycles. The lowest BCUT2D eigenvalue weighted by molar-refractivity contribution is -0.385. The molecule has 0 fully saturated rings. The average molecular weight is 450 g/mol. The fourth-order valence-electron chi connectivity index (χ4n) is 2.64. The second kappa shape index (κ2) is 8.61. The van der Waals surface area contributed by atoms with Gasteiger partial charge in [0.2, 0.25) is 0 Å². The van der Waals surface area contributed by atoms with E-state index < -0.39 is 22.3 Å². The Balaban J connectivity index is 2.02. The first-order valence-corrected chi connectivity index (χ1v) is 9.25. The van der Waals surface area contributed by atoms with Crippen LogP contribution in [-0.2, 0) is 0 Å². The van der Waals surface area contributed by atoms with Crippen molar-refractivity contribution >= 4 is 57.9 Å². The van der Waals surface area contributed by atoms with Crippen molar-refractivity contribution in [2.45, 2.75) is 0 Å². The Hall–Kier alpha value is -2.93. The number of nitro groups is 1. The highest BCUT2D eigenvalue weighted by atomic mass is 35.5. The van der Waals surface area contributed by atoms with E-state index in [4.69, 9.17) is 34.8 Å². The minimum absolute atomic E-state index is 0.0867. The van der Waals surface area contributed by atoms with Gasteiger partial charge in [-0.15, -0.1) is 0 Å². The van der Waals surface area contributed by atoms with Gasteiger partial charge in [0.05, 0.1) is 15.6 Å². The van der Waals surface area contributed by atoms with E-state index in [0.29, 0.717) is 0 Å². The van der Waals surface area contributed by atoms with E-state index in [1.165, 1.54) is 30.3 Å². The zero-order valence-corrected chi connectivity index (χ0v) is 16.8. The maximum Gasteiger partial charge on any atom is 0.282 e. The number of anilines is 1. The summed E-state index contributed by atoms with van der Waals surface area (Å²) < 4.78 is 0.